The molecule has 8 bridgehead atoms. The summed E-state index contributed by atoms with van der Waals surface area (Å²) in [5.74, 6) is -5.13. The number of ether oxygens (including phenoxy) is 12. The summed E-state index contributed by atoms with van der Waals surface area (Å²) in [6, 6.07) is 6.47. The first-order valence-corrected chi connectivity index (χ1v) is 21.3. The average molecular weight is 947 g/mol. The lowest BCUT2D eigenvalue weighted by Gasteiger charge is -2.45. The second-order valence-corrected chi connectivity index (χ2v) is 15.8. The third-order valence-electron chi connectivity index (χ3n) is 12.0. The number of fused-ring (bicyclic) bond motifs is 20. The zero-order chi connectivity index (χ0) is 48.2. The van der Waals surface area contributed by atoms with E-state index in [0.717, 1.165) is 0 Å². The van der Waals surface area contributed by atoms with Crippen molar-refractivity contribution in [3.8, 4) is 91.5 Å². The Bertz CT molecular complexity index is 2550. The number of nitrogens with zero attached hydrogens (tertiary/aromatic N) is 6. The Morgan fingerprint density at radius 3 is 0.809 bits per heavy atom. The highest BCUT2D eigenvalue weighted by Crippen LogP contribution is 2.53. The van der Waals surface area contributed by atoms with Gasteiger partial charge in [0, 0.05) is 56.1 Å². The van der Waals surface area contributed by atoms with Crippen molar-refractivity contribution in [1.29, 1.82) is 0 Å². The number of methoxy groups -OCH3 is 4. The van der Waals surface area contributed by atoms with Gasteiger partial charge in [0.2, 0.25) is 23.0 Å². The van der Waals surface area contributed by atoms with Crippen LogP contribution < -0.4 is 37.9 Å². The molecular weight excluding hydrogens is 897 g/mol. The summed E-state index contributed by atoms with van der Waals surface area (Å²) in [5, 5.41) is 39.5. The second-order valence-electron chi connectivity index (χ2n) is 15.8. The van der Waals surface area contributed by atoms with Crippen LogP contribution in [-0.2, 0) is 18.9 Å². The van der Waals surface area contributed by atoms with Gasteiger partial charge in [-0.05, 0) is 24.3 Å². The lowest BCUT2D eigenvalue weighted by Crippen LogP contribution is -2.62. The Balaban J connectivity index is 1.48. The number of aliphatic hydroxyl groups excluding tert-OH is 4. The molecule has 7 heterocycles. The number of aromatic amines is 2. The van der Waals surface area contributed by atoms with Crippen LogP contribution in [0, 0.1) is 0 Å². The Hall–Kier alpha value is -6.64. The number of H-pyrrole nitrogens is 2. The average Bonchev–Trinajstić information content (AvgIpc) is 4.07. The number of benzene rings is 2. The van der Waals surface area contributed by atoms with Crippen molar-refractivity contribution in [2.24, 2.45) is 0 Å². The zero-order valence-corrected chi connectivity index (χ0v) is 38.3. The Morgan fingerprint density at radius 2 is 0.618 bits per heavy atom. The van der Waals surface area contributed by atoms with E-state index in [-0.39, 0.29) is 167 Å². The molecule has 24 nitrogen and oxygen atoms in total. The van der Waals surface area contributed by atoms with Gasteiger partial charge in [0.25, 0.3) is 23.1 Å². The molecule has 3 aromatic heterocycles. The van der Waals surface area contributed by atoms with Gasteiger partial charge in [-0.15, -0.1) is 0 Å². The van der Waals surface area contributed by atoms with Gasteiger partial charge in [0.15, 0.2) is 45.9 Å². The summed E-state index contributed by atoms with van der Waals surface area (Å²) in [4.78, 5) is 36.4. The van der Waals surface area contributed by atoms with Gasteiger partial charge in [0.05, 0.1) is 48.7 Å². The van der Waals surface area contributed by atoms with Crippen molar-refractivity contribution in [2.75, 3.05) is 81.3 Å². The Kier molecular flexibility index (Phi) is 12.2. The van der Waals surface area contributed by atoms with Crippen LogP contribution in [0.25, 0.3) is 68.1 Å². The van der Waals surface area contributed by atoms with E-state index in [2.05, 4.69) is 9.97 Å². The van der Waals surface area contributed by atoms with E-state index in [9.17, 15) is 20.4 Å². The molecule has 0 unspecified atom stereocenters. The van der Waals surface area contributed by atoms with E-state index >= 15 is 0 Å². The fourth-order valence-electron chi connectivity index (χ4n) is 7.93. The predicted molar refractivity (Wildman–Crippen MR) is 236 cm³/mol. The van der Waals surface area contributed by atoms with Crippen molar-refractivity contribution in [3.63, 3.8) is 0 Å². The van der Waals surface area contributed by atoms with E-state index in [1.54, 1.807) is 52.0 Å². The van der Waals surface area contributed by atoms with Crippen LogP contribution in [0.1, 0.15) is 27.7 Å². The molecule has 4 aliphatic rings. The highest BCUT2D eigenvalue weighted by atomic mass is 16.8. The number of aromatic nitrogens is 8. The SMILES string of the molecule is CO[C@]1(C)Oc2c(c3nc4nc(nc5[nH]c(nc6nc(nc2[nH]3)-c2c(OCCO)ccc(OCCO)c2-6)c2c5O[C@@](C)(OC)[C@](C)(OC)O2)-c2c(OCCO)ccc(OCCO)c2-4)O[C@@]1(C)OC. The van der Waals surface area contributed by atoms with Crippen LogP contribution in [0.3, 0.4) is 0 Å². The Morgan fingerprint density at radius 1 is 0.397 bits per heavy atom. The molecule has 0 spiro atoms. The maximum atomic E-state index is 9.87. The van der Waals surface area contributed by atoms with Crippen LogP contribution >= 0.6 is 0 Å². The first-order valence-electron chi connectivity index (χ1n) is 21.3. The molecule has 5 aromatic rings. The van der Waals surface area contributed by atoms with Gasteiger partial charge < -0.3 is 87.2 Å². The molecule has 0 saturated heterocycles. The number of nitrogens with one attached hydrogen (secondary N) is 2. The second kappa shape index (κ2) is 17.8. The van der Waals surface area contributed by atoms with Gasteiger partial charge >= 0.3 is 0 Å². The minimum Gasteiger partial charge on any atom is -0.490 e. The summed E-state index contributed by atoms with van der Waals surface area (Å²) in [6.45, 7) is 4.82. The van der Waals surface area contributed by atoms with Crippen molar-refractivity contribution < 1.29 is 77.3 Å². The molecule has 0 radical (unpaired) electrons. The lowest BCUT2D eigenvalue weighted by atomic mass is 10.1. The molecule has 24 heteroatoms. The normalized spacial score (nSPS) is 22.1. The van der Waals surface area contributed by atoms with E-state index in [4.69, 9.17) is 86.7 Å². The molecular formula is C44H50N8O16. The fraction of sp³-hybridized carbons (Fsp3) is 0.455. The highest BCUT2D eigenvalue weighted by Gasteiger charge is 2.57. The van der Waals surface area contributed by atoms with Crippen LogP contribution in [0.15, 0.2) is 24.3 Å². The number of aliphatic hydroxyl groups is 4. The largest absolute Gasteiger partial charge is 0.490 e. The van der Waals surface area contributed by atoms with Crippen molar-refractivity contribution in [2.45, 2.75) is 50.8 Å². The quantitative estimate of drug-likeness (QED) is 0.0811. The van der Waals surface area contributed by atoms with E-state index in [0.29, 0.717) is 0 Å². The highest BCUT2D eigenvalue weighted by molar-refractivity contribution is 5.94. The monoisotopic (exact) mass is 946 g/mol. The first kappa shape index (κ1) is 46.5. The van der Waals surface area contributed by atoms with Crippen LogP contribution in [0.5, 0.6) is 46.0 Å². The third-order valence-corrected chi connectivity index (χ3v) is 12.0. The predicted octanol–water partition coefficient (Wildman–Crippen LogP) is 3.04. The smallest absolute Gasteiger partial charge is 0.273 e. The first-order chi connectivity index (χ1) is 32.7. The molecule has 9 rings (SSSR count). The molecule has 4 atom stereocenters. The van der Waals surface area contributed by atoms with Gasteiger partial charge in [0.1, 0.15) is 49.4 Å². The van der Waals surface area contributed by atoms with Gasteiger partial charge in [-0.3, -0.25) is 0 Å². The Labute approximate surface area is 387 Å². The molecule has 6 N–H and O–H groups in total. The lowest BCUT2D eigenvalue weighted by molar-refractivity contribution is -0.344. The molecule has 68 heavy (non-hydrogen) atoms. The number of hydrogen-bond acceptors (Lipinski definition) is 22. The minimum absolute atomic E-state index is 0.0207. The third kappa shape index (κ3) is 7.39. The molecule has 362 valence electrons. The summed E-state index contributed by atoms with van der Waals surface area (Å²) in [7, 11) is 5.72. The summed E-state index contributed by atoms with van der Waals surface area (Å²) < 4.78 is 74.3. The molecule has 0 saturated carbocycles. The molecule has 2 aromatic carbocycles. The maximum Gasteiger partial charge on any atom is 0.273 e. The number of rotatable bonds is 16. The van der Waals surface area contributed by atoms with E-state index in [1.807, 2.05) is 0 Å². The zero-order valence-electron chi connectivity index (χ0n) is 38.3. The van der Waals surface area contributed by atoms with Crippen LogP contribution in [0.4, 0.5) is 0 Å². The summed E-state index contributed by atoms with van der Waals surface area (Å²) >= 11 is 0. The summed E-state index contributed by atoms with van der Waals surface area (Å²) in [5.41, 5.74) is 1.28. The standard InChI is InChI=1S/C44H50N8O16/c1-41(57-5)42(2,58-6)66-30-29(65-41)37-47-33-25-21(61-17-13-53)9-10-22(62-18-14-54)26(25)35(45-33)49-39-31-32(68-44(4,60-8)43(3,59-7)67-31)40(52-39)50-36-28-24(64-20-16-56)12-11-23(63-19-15-55)27(28)34(46-36)48-38(30)51-37/h9-12,53-56H,13-20H2,1-8H3,(H2,45,46,47,48,49,50,51,52)/t41-,42-,43-,44-/m1/s1. The summed E-state index contributed by atoms with van der Waals surface area (Å²) in [6.07, 6.45) is 0. The van der Waals surface area contributed by atoms with Crippen LogP contribution in [0.2, 0.25) is 0 Å². The van der Waals surface area contributed by atoms with E-state index < -0.39 is 23.1 Å². The molecule has 0 fully saturated rings. The molecule has 0 amide bonds. The topological polar surface area (TPSA) is 301 Å². The van der Waals surface area contributed by atoms with Crippen molar-refractivity contribution in [3.05, 3.63) is 24.3 Å². The van der Waals surface area contributed by atoms with Crippen molar-refractivity contribution in [1.82, 2.24) is 39.9 Å². The fourth-order valence-corrected chi connectivity index (χ4v) is 7.93. The van der Waals surface area contributed by atoms with Crippen LogP contribution in [-0.4, -0.2) is 165 Å². The van der Waals surface area contributed by atoms with E-state index in [1.165, 1.54) is 28.4 Å². The van der Waals surface area contributed by atoms with Gasteiger partial charge in [-0.25, -0.2) is 29.9 Å². The molecule has 0 aliphatic carbocycles. The van der Waals surface area contributed by atoms with Crippen molar-refractivity contribution >= 4 is 22.6 Å². The van der Waals surface area contributed by atoms with Gasteiger partial charge in [-0.2, -0.15) is 0 Å². The van der Waals surface area contributed by atoms with Gasteiger partial charge in [-0.1, -0.05) is 0 Å². The molecule has 4 aliphatic heterocycles. The number of hydrogen-bond donors (Lipinski definition) is 6. The maximum absolute atomic E-state index is 9.87. The minimum atomic E-state index is -1.58.